The minimum Gasteiger partial charge on any atom is -0.463 e. The van der Waals surface area contributed by atoms with Crippen molar-refractivity contribution in [1.82, 2.24) is 39.0 Å². The van der Waals surface area contributed by atoms with E-state index in [0.29, 0.717) is 17.7 Å². The molecule has 246 valence electrons. The highest BCUT2D eigenvalue weighted by Crippen LogP contribution is 2.38. The fourth-order valence-electron chi connectivity index (χ4n) is 5.26. The number of carbonyl (C=O) groups is 3. The molecule has 2 aliphatic heterocycles. The standard InChI is InChI=1S/C14H16N4O6.C13H15BrN4O4/c1-7(19)22-4-9-3-10(23-8(2)20)14(24-9)18-6-17-11-12(18)15-5-16-13(11)21;1-3-7-8(14)10(21-6(2)19)13(22-7)18-5-17-9-11(18)15-4-16-12(9)20/h5-6,9-10,14H,3-4H2,1-2H3,(H,15,16,21);4-5,7-8,10,13H,3H2,1-2H3,(H,15,16,20). The summed E-state index contributed by atoms with van der Waals surface area (Å²) in [6.45, 7) is 5.98. The number of H-pyrrole nitrogens is 2. The molecular formula is C27H31BrN8O10. The number of nitrogens with one attached hydrogen (secondary N) is 2. The monoisotopic (exact) mass is 706 g/mol. The predicted molar refractivity (Wildman–Crippen MR) is 159 cm³/mol. The zero-order valence-corrected chi connectivity index (χ0v) is 26.7. The first-order valence-electron chi connectivity index (χ1n) is 14.2. The molecule has 4 aromatic heterocycles. The third-order valence-corrected chi connectivity index (χ3v) is 8.29. The highest BCUT2D eigenvalue weighted by atomic mass is 79.9. The number of alkyl halides is 1. The summed E-state index contributed by atoms with van der Waals surface area (Å²) in [5.41, 5.74) is 0.381. The van der Waals surface area contributed by atoms with Crippen molar-refractivity contribution >= 4 is 56.2 Å². The summed E-state index contributed by atoms with van der Waals surface area (Å²) < 4.78 is 30.6. The molecule has 18 nitrogen and oxygen atoms in total. The van der Waals surface area contributed by atoms with Gasteiger partial charge in [0, 0.05) is 27.2 Å². The summed E-state index contributed by atoms with van der Waals surface area (Å²) in [7, 11) is 0. The molecule has 0 amide bonds. The summed E-state index contributed by atoms with van der Waals surface area (Å²) in [6, 6.07) is 0. The highest BCUT2D eigenvalue weighted by Gasteiger charge is 2.46. The second kappa shape index (κ2) is 13.9. The number of esters is 3. The summed E-state index contributed by atoms with van der Waals surface area (Å²) in [6.07, 6.45) is 3.56. The molecule has 0 aliphatic carbocycles. The molecule has 4 aromatic rings. The van der Waals surface area contributed by atoms with Gasteiger partial charge in [-0.2, -0.15) is 0 Å². The maximum atomic E-state index is 11.8. The third kappa shape index (κ3) is 6.85. The fraction of sp³-hybridized carbons (Fsp3) is 0.519. The van der Waals surface area contributed by atoms with Gasteiger partial charge in [-0.25, -0.2) is 19.9 Å². The average molecular weight is 707 g/mol. The van der Waals surface area contributed by atoms with Crippen molar-refractivity contribution in [3.8, 4) is 0 Å². The molecule has 0 radical (unpaired) electrons. The second-order valence-electron chi connectivity index (χ2n) is 10.4. The van der Waals surface area contributed by atoms with Gasteiger partial charge in [0.05, 0.1) is 42.3 Å². The number of fused-ring (bicyclic) bond motifs is 2. The van der Waals surface area contributed by atoms with Crippen molar-refractivity contribution in [2.45, 2.75) is 82.2 Å². The van der Waals surface area contributed by atoms with Crippen LogP contribution >= 0.6 is 15.9 Å². The summed E-state index contributed by atoms with van der Waals surface area (Å²) in [5, 5.41) is 0. The SMILES string of the molecule is CC(=O)OCC1CC(OC(C)=O)C(n2cnc3c(=O)[nH]cnc32)O1.CCC1OC(n2cnc3c(=O)[nH]cnc32)C(OC(C)=O)C1Br. The number of hydrogen-bond acceptors (Lipinski definition) is 14. The molecule has 2 N–H and O–H groups in total. The van der Waals surface area contributed by atoms with Gasteiger partial charge in [-0.05, 0) is 6.42 Å². The third-order valence-electron chi connectivity index (χ3n) is 7.18. The van der Waals surface area contributed by atoms with E-state index in [0.717, 1.165) is 6.42 Å². The van der Waals surface area contributed by atoms with E-state index in [9.17, 15) is 24.0 Å². The molecule has 0 saturated carbocycles. The number of nitrogens with zero attached hydrogens (tertiary/aromatic N) is 6. The highest BCUT2D eigenvalue weighted by molar-refractivity contribution is 9.09. The second-order valence-corrected chi connectivity index (χ2v) is 11.5. The van der Waals surface area contributed by atoms with Crippen LogP contribution in [0.25, 0.3) is 22.3 Å². The van der Waals surface area contributed by atoms with Crippen LogP contribution in [0.3, 0.4) is 0 Å². The van der Waals surface area contributed by atoms with Crippen LogP contribution in [0.2, 0.25) is 0 Å². The molecule has 0 spiro atoms. The first-order valence-corrected chi connectivity index (χ1v) is 15.1. The maximum Gasteiger partial charge on any atom is 0.303 e. The summed E-state index contributed by atoms with van der Waals surface area (Å²) >= 11 is 3.54. The van der Waals surface area contributed by atoms with Crippen LogP contribution < -0.4 is 11.1 Å². The topological polar surface area (TPSA) is 224 Å². The van der Waals surface area contributed by atoms with Gasteiger partial charge in [0.15, 0.2) is 40.9 Å². The van der Waals surface area contributed by atoms with Crippen LogP contribution in [0.5, 0.6) is 0 Å². The van der Waals surface area contributed by atoms with Crippen LogP contribution in [-0.4, -0.2) is 92.8 Å². The van der Waals surface area contributed by atoms with E-state index in [-0.39, 0.29) is 39.7 Å². The Morgan fingerprint density at radius 3 is 1.96 bits per heavy atom. The largest absolute Gasteiger partial charge is 0.463 e. The number of aromatic amines is 2. The van der Waals surface area contributed by atoms with Crippen molar-refractivity contribution in [2.24, 2.45) is 0 Å². The summed E-state index contributed by atoms with van der Waals surface area (Å²) in [5.74, 6) is -1.28. The number of aromatic nitrogens is 8. The van der Waals surface area contributed by atoms with E-state index < -0.39 is 48.7 Å². The maximum absolute atomic E-state index is 11.8. The number of halogens is 1. The van der Waals surface area contributed by atoms with Gasteiger partial charge >= 0.3 is 17.9 Å². The molecule has 2 aliphatic rings. The number of rotatable bonds is 7. The number of imidazole rings is 2. The van der Waals surface area contributed by atoms with Gasteiger partial charge in [0.2, 0.25) is 0 Å². The first-order chi connectivity index (χ1) is 22.0. The molecule has 7 unspecified atom stereocenters. The van der Waals surface area contributed by atoms with Crippen LogP contribution in [-0.2, 0) is 38.1 Å². The Bertz CT molecular complexity index is 1850. The Labute approximate surface area is 267 Å². The van der Waals surface area contributed by atoms with Gasteiger partial charge in [0.1, 0.15) is 12.7 Å². The van der Waals surface area contributed by atoms with Crippen molar-refractivity contribution in [2.75, 3.05) is 6.61 Å². The Morgan fingerprint density at radius 2 is 1.43 bits per heavy atom. The minimum absolute atomic E-state index is 0.0459. The summed E-state index contributed by atoms with van der Waals surface area (Å²) in [4.78, 5) is 78.3. The van der Waals surface area contributed by atoms with E-state index >= 15 is 0 Å². The van der Waals surface area contributed by atoms with E-state index in [1.54, 1.807) is 4.57 Å². The van der Waals surface area contributed by atoms with Gasteiger partial charge < -0.3 is 33.7 Å². The lowest BCUT2D eigenvalue weighted by Gasteiger charge is -2.21. The molecule has 46 heavy (non-hydrogen) atoms. The molecule has 0 bridgehead atoms. The van der Waals surface area contributed by atoms with Gasteiger partial charge in [-0.3, -0.25) is 33.1 Å². The quantitative estimate of drug-likeness (QED) is 0.156. The Morgan fingerprint density at radius 1 is 0.870 bits per heavy atom. The lowest BCUT2D eigenvalue weighted by molar-refractivity contribution is -0.153. The molecule has 2 saturated heterocycles. The van der Waals surface area contributed by atoms with E-state index in [1.165, 1.54) is 50.6 Å². The Kier molecular flexibility index (Phi) is 9.92. The van der Waals surface area contributed by atoms with Crippen molar-refractivity contribution in [1.29, 1.82) is 0 Å². The van der Waals surface area contributed by atoms with E-state index in [1.807, 2.05) is 6.92 Å². The molecule has 2 fully saturated rings. The van der Waals surface area contributed by atoms with Crippen LogP contribution in [0, 0.1) is 0 Å². The van der Waals surface area contributed by atoms with Crippen molar-refractivity contribution < 1.29 is 38.1 Å². The molecule has 7 atom stereocenters. The van der Waals surface area contributed by atoms with Gasteiger partial charge in [0.25, 0.3) is 11.1 Å². The van der Waals surface area contributed by atoms with Crippen LogP contribution in [0.1, 0.15) is 53.0 Å². The zero-order chi connectivity index (χ0) is 33.1. The van der Waals surface area contributed by atoms with E-state index in [4.69, 9.17) is 23.7 Å². The first kappa shape index (κ1) is 32.9. The Balaban J connectivity index is 0.000000182. The normalized spacial score (nSPS) is 25.6. The molecule has 0 aromatic carbocycles. The lowest BCUT2D eigenvalue weighted by atomic mass is 10.1. The van der Waals surface area contributed by atoms with Gasteiger partial charge in [-0.1, -0.05) is 22.9 Å². The predicted octanol–water partition coefficient (Wildman–Crippen LogP) is 1.02. The molecule has 6 rings (SSSR count). The zero-order valence-electron chi connectivity index (χ0n) is 25.1. The molecule has 19 heteroatoms. The number of hydrogen-bond donors (Lipinski definition) is 2. The molecule has 6 heterocycles. The average Bonchev–Trinajstić information content (AvgIpc) is 3.78. The van der Waals surface area contributed by atoms with Gasteiger partial charge in [-0.15, -0.1) is 0 Å². The number of ether oxygens (including phenoxy) is 5. The lowest BCUT2D eigenvalue weighted by Crippen LogP contribution is -2.31. The van der Waals surface area contributed by atoms with Crippen LogP contribution in [0.15, 0.2) is 34.9 Å². The van der Waals surface area contributed by atoms with E-state index in [2.05, 4.69) is 45.8 Å². The van der Waals surface area contributed by atoms with Crippen LogP contribution in [0.4, 0.5) is 0 Å². The number of carbonyl (C=O) groups excluding carboxylic acids is 3. The smallest absolute Gasteiger partial charge is 0.303 e. The Hall–Kier alpha value is -4.49. The molecular weight excluding hydrogens is 676 g/mol. The fourth-order valence-corrected chi connectivity index (χ4v) is 6.12. The van der Waals surface area contributed by atoms with Crippen molar-refractivity contribution in [3.63, 3.8) is 0 Å². The van der Waals surface area contributed by atoms with Crippen molar-refractivity contribution in [3.05, 3.63) is 46.0 Å². The minimum atomic E-state index is -0.714.